The lowest BCUT2D eigenvalue weighted by Gasteiger charge is -2.21. The minimum atomic E-state index is -0.733. The van der Waals surface area contributed by atoms with Crippen molar-refractivity contribution in [1.82, 2.24) is 5.16 Å². The number of aromatic nitrogens is 1. The van der Waals surface area contributed by atoms with Crippen LogP contribution in [0.25, 0.3) is 11.1 Å². The molecule has 0 aliphatic carbocycles. The fourth-order valence-electron chi connectivity index (χ4n) is 2.14. The summed E-state index contributed by atoms with van der Waals surface area (Å²) in [5.74, 6) is -1.14. The Balaban J connectivity index is 2.29. The molecule has 1 aromatic heterocycles. The van der Waals surface area contributed by atoms with E-state index in [0.29, 0.717) is 25.0 Å². The zero-order valence-corrected chi connectivity index (χ0v) is 9.37. The summed E-state index contributed by atoms with van der Waals surface area (Å²) in [7, 11) is 0. The molecule has 0 saturated carbocycles. The molecular weight excluding hydrogens is 242 g/mol. The van der Waals surface area contributed by atoms with E-state index in [1.807, 2.05) is 0 Å². The first kappa shape index (κ1) is 11.0. The Hall–Kier alpha value is -2.11. The van der Waals surface area contributed by atoms with Gasteiger partial charge in [0.15, 0.2) is 0 Å². The van der Waals surface area contributed by atoms with E-state index in [9.17, 15) is 8.78 Å². The third kappa shape index (κ3) is 1.53. The molecule has 0 radical (unpaired) electrons. The Bertz CT molecular complexity index is 610. The van der Waals surface area contributed by atoms with Gasteiger partial charge in [0.25, 0.3) is 0 Å². The summed E-state index contributed by atoms with van der Waals surface area (Å²) < 4.78 is 37.7. The average Bonchev–Trinajstić information content (AvgIpc) is 2.76. The lowest BCUT2D eigenvalue weighted by Crippen LogP contribution is -2.12. The number of halogens is 2. The summed E-state index contributed by atoms with van der Waals surface area (Å²) in [6, 6.07) is 0.843. The molecule has 0 spiro atoms. The summed E-state index contributed by atoms with van der Waals surface area (Å²) in [5.41, 5.74) is 6.34. The highest BCUT2D eigenvalue weighted by Gasteiger charge is 2.26. The van der Waals surface area contributed by atoms with Crippen LogP contribution in [0.15, 0.2) is 16.8 Å². The summed E-state index contributed by atoms with van der Waals surface area (Å²) in [4.78, 5) is 0. The van der Waals surface area contributed by atoms with Gasteiger partial charge in [-0.15, -0.1) is 0 Å². The number of nitrogen functional groups attached to an aromatic ring is 1. The monoisotopic (exact) mass is 252 g/mol. The van der Waals surface area contributed by atoms with Crippen molar-refractivity contribution in [3.05, 3.63) is 29.5 Å². The van der Waals surface area contributed by atoms with Crippen LogP contribution in [0.5, 0.6) is 5.75 Å². The van der Waals surface area contributed by atoms with E-state index < -0.39 is 11.6 Å². The molecule has 1 aliphatic heterocycles. The third-order valence-electron chi connectivity index (χ3n) is 2.97. The highest BCUT2D eigenvalue weighted by Crippen LogP contribution is 2.41. The second kappa shape index (κ2) is 3.97. The van der Waals surface area contributed by atoms with E-state index in [2.05, 4.69) is 5.16 Å². The molecule has 18 heavy (non-hydrogen) atoms. The number of fused-ring (bicyclic) bond motifs is 1. The van der Waals surface area contributed by atoms with Crippen LogP contribution in [0, 0.1) is 11.6 Å². The number of benzene rings is 1. The van der Waals surface area contributed by atoms with Crippen molar-refractivity contribution < 1.29 is 18.0 Å². The molecule has 2 aromatic rings. The molecule has 0 saturated heterocycles. The lowest BCUT2D eigenvalue weighted by atomic mass is 9.98. The van der Waals surface area contributed by atoms with Crippen LogP contribution < -0.4 is 10.5 Å². The van der Waals surface area contributed by atoms with E-state index in [0.717, 1.165) is 6.07 Å². The molecule has 94 valence electrons. The summed E-state index contributed by atoms with van der Waals surface area (Å²) in [5, 5.41) is 3.49. The van der Waals surface area contributed by atoms with Crippen molar-refractivity contribution >= 4 is 5.88 Å². The topological polar surface area (TPSA) is 61.3 Å². The van der Waals surface area contributed by atoms with Gasteiger partial charge in [0.05, 0.1) is 23.9 Å². The maximum absolute atomic E-state index is 13.9. The molecule has 0 bridgehead atoms. The second-order valence-electron chi connectivity index (χ2n) is 4.08. The van der Waals surface area contributed by atoms with Gasteiger partial charge < -0.3 is 15.0 Å². The number of ether oxygens (including phenoxy) is 1. The maximum Gasteiger partial charge on any atom is 0.230 e. The van der Waals surface area contributed by atoms with Gasteiger partial charge in [0.1, 0.15) is 17.4 Å². The summed E-state index contributed by atoms with van der Waals surface area (Å²) >= 11 is 0. The molecule has 0 amide bonds. The van der Waals surface area contributed by atoms with Crippen molar-refractivity contribution in [1.29, 1.82) is 0 Å². The molecule has 1 aromatic carbocycles. The second-order valence-corrected chi connectivity index (χ2v) is 4.08. The number of rotatable bonds is 1. The smallest absolute Gasteiger partial charge is 0.230 e. The van der Waals surface area contributed by atoms with E-state index in [1.165, 1.54) is 6.20 Å². The molecule has 2 heterocycles. The van der Waals surface area contributed by atoms with Gasteiger partial charge in [0.2, 0.25) is 5.88 Å². The Morgan fingerprint density at radius 2 is 2.11 bits per heavy atom. The molecule has 6 heteroatoms. The maximum atomic E-state index is 13.9. The number of hydrogen-bond donors (Lipinski definition) is 1. The standard InChI is InChI=1S/C12H10F2N2O2/c13-8-4-9(14)10(7-5-16-18-12(7)15)11-6(8)2-1-3-17-11/h4-5H,1-3,15H2. The van der Waals surface area contributed by atoms with Crippen LogP contribution in [-0.2, 0) is 6.42 Å². The van der Waals surface area contributed by atoms with Crippen LogP contribution in [0.3, 0.4) is 0 Å². The quantitative estimate of drug-likeness (QED) is 0.847. The van der Waals surface area contributed by atoms with Gasteiger partial charge >= 0.3 is 0 Å². The van der Waals surface area contributed by atoms with E-state index in [4.69, 9.17) is 15.0 Å². The number of nitrogens with zero attached hydrogens (tertiary/aromatic N) is 1. The SMILES string of the molecule is Nc1oncc1-c1c(F)cc(F)c2c1OCCC2. The number of anilines is 1. The predicted octanol–water partition coefficient (Wildman–Crippen LogP) is 2.53. The van der Waals surface area contributed by atoms with E-state index in [-0.39, 0.29) is 22.8 Å². The number of nitrogens with two attached hydrogens (primary N) is 1. The van der Waals surface area contributed by atoms with Crippen molar-refractivity contribution in [3.63, 3.8) is 0 Å². The fraction of sp³-hybridized carbons (Fsp3) is 0.250. The van der Waals surface area contributed by atoms with Crippen molar-refractivity contribution in [2.24, 2.45) is 0 Å². The Labute approximate surface area is 101 Å². The molecule has 2 N–H and O–H groups in total. The molecule has 1 aliphatic rings. The van der Waals surface area contributed by atoms with Crippen LogP contribution >= 0.6 is 0 Å². The predicted molar refractivity (Wildman–Crippen MR) is 60.1 cm³/mol. The molecule has 3 rings (SSSR count). The first-order valence-electron chi connectivity index (χ1n) is 5.52. The van der Waals surface area contributed by atoms with Gasteiger partial charge in [-0.1, -0.05) is 5.16 Å². The minimum absolute atomic E-state index is 0.0168. The average molecular weight is 252 g/mol. The first-order chi connectivity index (χ1) is 8.68. The Morgan fingerprint density at radius 1 is 1.28 bits per heavy atom. The summed E-state index contributed by atoms with van der Waals surface area (Å²) in [6.45, 7) is 0.425. The van der Waals surface area contributed by atoms with Gasteiger partial charge in [-0.2, -0.15) is 0 Å². The van der Waals surface area contributed by atoms with E-state index >= 15 is 0 Å². The number of hydrogen-bond acceptors (Lipinski definition) is 4. The van der Waals surface area contributed by atoms with Crippen LogP contribution in [0.2, 0.25) is 0 Å². The van der Waals surface area contributed by atoms with Crippen LogP contribution in [0.1, 0.15) is 12.0 Å². The Morgan fingerprint density at radius 3 is 2.83 bits per heavy atom. The Kier molecular flexibility index (Phi) is 2.43. The largest absolute Gasteiger partial charge is 0.492 e. The first-order valence-corrected chi connectivity index (χ1v) is 5.52. The van der Waals surface area contributed by atoms with Gasteiger partial charge in [0, 0.05) is 11.6 Å². The van der Waals surface area contributed by atoms with Crippen molar-refractivity contribution in [3.8, 4) is 16.9 Å². The normalized spacial score (nSPS) is 14.1. The van der Waals surface area contributed by atoms with Crippen LogP contribution in [-0.4, -0.2) is 11.8 Å². The van der Waals surface area contributed by atoms with Gasteiger partial charge in [-0.3, -0.25) is 0 Å². The fourth-order valence-corrected chi connectivity index (χ4v) is 2.14. The zero-order valence-electron chi connectivity index (χ0n) is 9.37. The van der Waals surface area contributed by atoms with Crippen molar-refractivity contribution in [2.75, 3.05) is 12.3 Å². The zero-order chi connectivity index (χ0) is 12.7. The molecule has 4 nitrogen and oxygen atoms in total. The van der Waals surface area contributed by atoms with Gasteiger partial charge in [-0.25, -0.2) is 8.78 Å². The third-order valence-corrected chi connectivity index (χ3v) is 2.97. The molecule has 0 unspecified atom stereocenters. The van der Waals surface area contributed by atoms with Crippen LogP contribution in [0.4, 0.5) is 14.7 Å². The minimum Gasteiger partial charge on any atom is -0.492 e. The highest BCUT2D eigenvalue weighted by atomic mass is 19.1. The van der Waals surface area contributed by atoms with Gasteiger partial charge in [-0.05, 0) is 12.8 Å². The van der Waals surface area contributed by atoms with E-state index in [1.54, 1.807) is 0 Å². The highest BCUT2D eigenvalue weighted by molar-refractivity contribution is 5.79. The summed E-state index contributed by atoms with van der Waals surface area (Å²) in [6.07, 6.45) is 2.51. The molecule has 0 fully saturated rings. The molecule has 0 atom stereocenters. The lowest BCUT2D eigenvalue weighted by molar-refractivity contribution is 0.283. The van der Waals surface area contributed by atoms with Crippen molar-refractivity contribution in [2.45, 2.75) is 12.8 Å². The molecular formula is C12H10F2N2O2.